The summed E-state index contributed by atoms with van der Waals surface area (Å²) in [5.74, 6) is -0.864. The molecule has 5 heteroatoms. The number of rotatable bonds is 1. The van der Waals surface area contributed by atoms with Gasteiger partial charge in [-0.25, -0.2) is 9.79 Å². The summed E-state index contributed by atoms with van der Waals surface area (Å²) in [5, 5.41) is 12.1. The summed E-state index contributed by atoms with van der Waals surface area (Å²) in [7, 11) is 0. The van der Waals surface area contributed by atoms with Crippen LogP contribution in [0.3, 0.4) is 0 Å². The largest absolute Gasteiger partial charge is 0.480 e. The molecule has 1 aliphatic rings. The Kier molecular flexibility index (Phi) is 2.16. The third-order valence-electron chi connectivity index (χ3n) is 1.20. The number of nitrogens with one attached hydrogen (secondary N) is 1. The second-order valence-electron chi connectivity index (χ2n) is 1.87. The number of amidine groups is 1. The molecule has 0 unspecified atom stereocenters. The number of aliphatic carboxylic acids is 1. The van der Waals surface area contributed by atoms with E-state index < -0.39 is 12.0 Å². The molecule has 4 nitrogen and oxygen atoms in total. The minimum absolute atomic E-state index is 0.422. The van der Waals surface area contributed by atoms with Gasteiger partial charge in [-0.15, -0.1) is 0 Å². The lowest BCUT2D eigenvalue weighted by molar-refractivity contribution is -0.138. The van der Waals surface area contributed by atoms with Gasteiger partial charge >= 0.3 is 5.97 Å². The fraction of sp³-hybridized carbons (Fsp3) is 0.600. The first-order valence-electron chi connectivity index (χ1n) is 2.82. The molecule has 2 N–H and O–H groups in total. The highest BCUT2D eigenvalue weighted by Gasteiger charge is 2.22. The molecule has 0 fully saturated rings. The lowest BCUT2D eigenvalue weighted by atomic mass is 10.3. The minimum Gasteiger partial charge on any atom is -0.480 e. The quantitative estimate of drug-likeness (QED) is 0.556. The maximum Gasteiger partial charge on any atom is 0.330 e. The van der Waals surface area contributed by atoms with Gasteiger partial charge in [0, 0.05) is 0 Å². The van der Waals surface area contributed by atoms with Gasteiger partial charge in [-0.3, -0.25) is 0 Å². The van der Waals surface area contributed by atoms with E-state index in [0.717, 1.165) is 0 Å². The van der Waals surface area contributed by atoms with Gasteiger partial charge in [0.05, 0.1) is 6.54 Å². The van der Waals surface area contributed by atoms with Crippen LogP contribution in [-0.2, 0) is 4.79 Å². The van der Waals surface area contributed by atoms with E-state index >= 15 is 0 Å². The van der Waals surface area contributed by atoms with Crippen molar-refractivity contribution in [3.05, 3.63) is 0 Å². The monoisotopic (exact) mass is 160 g/mol. The van der Waals surface area contributed by atoms with Crippen molar-refractivity contribution < 1.29 is 9.90 Å². The molecule has 0 aromatic carbocycles. The molecule has 56 valence electrons. The van der Waals surface area contributed by atoms with E-state index in [1.165, 1.54) is 11.8 Å². The summed E-state index contributed by atoms with van der Waals surface area (Å²) in [6, 6.07) is -0.581. The Balaban J connectivity index is 2.55. The average molecular weight is 160 g/mol. The maximum absolute atomic E-state index is 10.3. The number of hydrogen-bond acceptors (Lipinski definition) is 4. The molecular weight excluding hydrogens is 152 g/mol. The Morgan fingerprint density at radius 3 is 3.00 bits per heavy atom. The number of carbonyl (C=O) groups is 1. The summed E-state index contributed by atoms with van der Waals surface area (Å²) in [4.78, 5) is 14.2. The van der Waals surface area contributed by atoms with Crippen molar-refractivity contribution in [3.8, 4) is 0 Å². The van der Waals surface area contributed by atoms with Crippen LogP contribution in [0.15, 0.2) is 4.99 Å². The molecule has 0 bridgehead atoms. The molecule has 1 atom stereocenters. The van der Waals surface area contributed by atoms with Crippen LogP contribution in [0.5, 0.6) is 0 Å². The number of nitrogens with zero attached hydrogens (tertiary/aromatic N) is 1. The summed E-state index contributed by atoms with van der Waals surface area (Å²) in [6.07, 6.45) is 1.86. The maximum atomic E-state index is 10.3. The van der Waals surface area contributed by atoms with Crippen LogP contribution in [0.25, 0.3) is 0 Å². The van der Waals surface area contributed by atoms with E-state index in [4.69, 9.17) is 5.11 Å². The van der Waals surface area contributed by atoms with E-state index in [9.17, 15) is 4.79 Å². The SMILES string of the molecule is CSC1=N[C@@H](C(=O)O)CN1. The van der Waals surface area contributed by atoms with Crippen molar-refractivity contribution in [3.63, 3.8) is 0 Å². The molecular formula is C5H8N2O2S. The molecule has 0 aliphatic carbocycles. The van der Waals surface area contributed by atoms with Crippen molar-refractivity contribution >= 4 is 22.9 Å². The number of hydrogen-bond donors (Lipinski definition) is 2. The van der Waals surface area contributed by atoms with Gasteiger partial charge in [-0.05, 0) is 6.26 Å². The van der Waals surface area contributed by atoms with Gasteiger partial charge in [-0.2, -0.15) is 0 Å². The fourth-order valence-corrected chi connectivity index (χ4v) is 1.14. The number of aliphatic imine (C=N–C) groups is 1. The molecule has 10 heavy (non-hydrogen) atoms. The first-order chi connectivity index (χ1) is 4.74. The van der Waals surface area contributed by atoms with E-state index in [1.807, 2.05) is 6.26 Å². The third-order valence-corrected chi connectivity index (χ3v) is 1.83. The molecule has 0 aromatic heterocycles. The predicted molar refractivity (Wildman–Crippen MR) is 40.4 cm³/mol. The van der Waals surface area contributed by atoms with Crippen LogP contribution < -0.4 is 5.32 Å². The topological polar surface area (TPSA) is 61.7 Å². The van der Waals surface area contributed by atoms with Gasteiger partial charge in [0.25, 0.3) is 0 Å². The Bertz CT molecular complexity index is 180. The zero-order valence-electron chi connectivity index (χ0n) is 5.50. The Labute approximate surface area is 62.7 Å². The summed E-state index contributed by atoms with van der Waals surface area (Å²) >= 11 is 1.43. The van der Waals surface area contributed by atoms with Gasteiger partial charge < -0.3 is 10.4 Å². The van der Waals surface area contributed by atoms with E-state index in [-0.39, 0.29) is 0 Å². The molecule has 1 aliphatic heterocycles. The van der Waals surface area contributed by atoms with Gasteiger partial charge in [0.1, 0.15) is 0 Å². The van der Waals surface area contributed by atoms with Crippen LogP contribution in [0.1, 0.15) is 0 Å². The van der Waals surface area contributed by atoms with Crippen LogP contribution in [0.2, 0.25) is 0 Å². The van der Waals surface area contributed by atoms with E-state index in [0.29, 0.717) is 11.7 Å². The van der Waals surface area contributed by atoms with E-state index in [1.54, 1.807) is 0 Å². The number of thioether (sulfide) groups is 1. The zero-order valence-corrected chi connectivity index (χ0v) is 6.31. The van der Waals surface area contributed by atoms with Crippen LogP contribution >= 0.6 is 11.8 Å². The summed E-state index contributed by atoms with van der Waals surface area (Å²) in [5.41, 5.74) is 0. The Morgan fingerprint density at radius 1 is 2.00 bits per heavy atom. The van der Waals surface area contributed by atoms with Crippen molar-refractivity contribution in [2.75, 3.05) is 12.8 Å². The fourth-order valence-electron chi connectivity index (χ4n) is 0.684. The number of carboxylic acid groups (broad SMARTS) is 1. The van der Waals surface area contributed by atoms with Crippen LogP contribution in [-0.4, -0.2) is 35.1 Å². The third kappa shape index (κ3) is 1.41. The van der Waals surface area contributed by atoms with Crippen LogP contribution in [0.4, 0.5) is 0 Å². The molecule has 0 spiro atoms. The molecule has 0 radical (unpaired) electrons. The van der Waals surface area contributed by atoms with Gasteiger partial charge in [0.15, 0.2) is 11.2 Å². The number of carboxylic acids is 1. The molecule has 1 rings (SSSR count). The van der Waals surface area contributed by atoms with Gasteiger partial charge in [0.2, 0.25) is 0 Å². The first kappa shape index (κ1) is 7.40. The van der Waals surface area contributed by atoms with Crippen molar-refractivity contribution in [2.45, 2.75) is 6.04 Å². The van der Waals surface area contributed by atoms with E-state index in [2.05, 4.69) is 10.3 Å². The molecule has 0 amide bonds. The normalized spacial score (nSPS) is 23.7. The highest BCUT2D eigenvalue weighted by Crippen LogP contribution is 2.05. The minimum atomic E-state index is -0.864. The highest BCUT2D eigenvalue weighted by atomic mass is 32.2. The average Bonchev–Trinajstić information content (AvgIpc) is 2.34. The first-order valence-corrected chi connectivity index (χ1v) is 4.05. The second-order valence-corrected chi connectivity index (χ2v) is 2.67. The molecule has 0 saturated heterocycles. The van der Waals surface area contributed by atoms with Gasteiger partial charge in [-0.1, -0.05) is 11.8 Å². The Morgan fingerprint density at radius 2 is 2.70 bits per heavy atom. The van der Waals surface area contributed by atoms with Crippen LogP contribution in [0, 0.1) is 0 Å². The second kappa shape index (κ2) is 2.92. The highest BCUT2D eigenvalue weighted by molar-refractivity contribution is 8.13. The molecule has 1 heterocycles. The summed E-state index contributed by atoms with van der Waals surface area (Å²) < 4.78 is 0. The standard InChI is InChI=1S/C5H8N2O2S/c1-10-5-6-2-3(7-5)4(8)9/h3H,2H2,1H3,(H,6,7)(H,8,9)/t3-/m1/s1. The lowest BCUT2D eigenvalue weighted by Gasteiger charge is -1.94. The molecule has 0 aromatic rings. The van der Waals surface area contributed by atoms with Crippen molar-refractivity contribution in [1.82, 2.24) is 5.32 Å². The summed E-state index contributed by atoms with van der Waals surface area (Å²) in [6.45, 7) is 0.422. The molecule has 0 saturated carbocycles. The predicted octanol–water partition coefficient (Wildman–Crippen LogP) is -0.238. The lowest BCUT2D eigenvalue weighted by Crippen LogP contribution is -2.24. The smallest absolute Gasteiger partial charge is 0.330 e. The van der Waals surface area contributed by atoms with Crippen molar-refractivity contribution in [1.29, 1.82) is 0 Å². The Hall–Kier alpha value is -0.710. The zero-order chi connectivity index (χ0) is 7.56. The van der Waals surface area contributed by atoms with Crippen molar-refractivity contribution in [2.24, 2.45) is 4.99 Å².